The fraction of sp³-hybridized carbons (Fsp3) is 0.118. The monoisotopic (exact) mass is 340 g/mol. The van der Waals surface area contributed by atoms with Crippen molar-refractivity contribution in [2.45, 2.75) is 12.6 Å². The van der Waals surface area contributed by atoms with E-state index in [1.54, 1.807) is 18.2 Å². The van der Waals surface area contributed by atoms with Crippen molar-refractivity contribution in [2.24, 2.45) is 0 Å². The van der Waals surface area contributed by atoms with Gasteiger partial charge in [-0.3, -0.25) is 20.0 Å². The van der Waals surface area contributed by atoms with E-state index in [0.717, 1.165) is 11.6 Å². The van der Waals surface area contributed by atoms with Crippen LogP contribution in [0.2, 0.25) is 0 Å². The molecule has 0 bridgehead atoms. The molecule has 0 saturated carbocycles. The number of aromatic nitrogens is 2. The summed E-state index contributed by atoms with van der Waals surface area (Å²) < 4.78 is 13.7. The highest BCUT2D eigenvalue weighted by molar-refractivity contribution is 6.12. The predicted octanol–water partition coefficient (Wildman–Crippen LogP) is 2.18. The molecule has 126 valence electrons. The minimum absolute atomic E-state index is 0.172. The molecule has 4 N–H and O–H groups in total. The van der Waals surface area contributed by atoms with Crippen molar-refractivity contribution < 1.29 is 19.1 Å². The zero-order valence-corrected chi connectivity index (χ0v) is 12.8. The number of benzene rings is 2. The molecule has 2 heterocycles. The van der Waals surface area contributed by atoms with Gasteiger partial charge in [0, 0.05) is 17.6 Å². The lowest BCUT2D eigenvalue weighted by molar-refractivity contribution is -0.139. The standard InChI is InChI=1S/C17H13FN4O3/c18-9-4-12(13-7-20-22-14(13)5-9)16(23)21-10-1-2-11-8(3-10)6-19-15(11)17(24)25/h1-5,7,15,19H,6H2,(H,20,22)(H,21,23)(H,24,25)/t15-/m1/s1. The maximum atomic E-state index is 13.7. The van der Waals surface area contributed by atoms with Crippen LogP contribution in [0.15, 0.2) is 36.5 Å². The van der Waals surface area contributed by atoms with Gasteiger partial charge in [-0.25, -0.2) is 4.39 Å². The van der Waals surface area contributed by atoms with Crippen LogP contribution < -0.4 is 10.6 Å². The average molecular weight is 340 g/mol. The lowest BCUT2D eigenvalue weighted by Crippen LogP contribution is -2.21. The third-order valence-corrected chi connectivity index (χ3v) is 4.22. The zero-order chi connectivity index (χ0) is 17.6. The van der Waals surface area contributed by atoms with Crippen molar-refractivity contribution in [1.29, 1.82) is 0 Å². The molecule has 1 aliphatic rings. The first-order valence-corrected chi connectivity index (χ1v) is 7.56. The summed E-state index contributed by atoms with van der Waals surface area (Å²) >= 11 is 0. The van der Waals surface area contributed by atoms with Crippen LogP contribution in [0.1, 0.15) is 27.5 Å². The first kappa shape index (κ1) is 15.3. The van der Waals surface area contributed by atoms with Crippen LogP contribution in [-0.4, -0.2) is 27.2 Å². The number of hydrogen-bond donors (Lipinski definition) is 4. The molecular weight excluding hydrogens is 327 g/mol. The molecule has 8 heteroatoms. The van der Waals surface area contributed by atoms with E-state index < -0.39 is 23.7 Å². The number of hydrogen-bond acceptors (Lipinski definition) is 4. The molecule has 25 heavy (non-hydrogen) atoms. The Morgan fingerprint density at radius 1 is 1.28 bits per heavy atom. The molecule has 0 saturated heterocycles. The molecule has 1 atom stereocenters. The van der Waals surface area contributed by atoms with E-state index in [0.29, 0.717) is 28.7 Å². The van der Waals surface area contributed by atoms with Gasteiger partial charge < -0.3 is 10.4 Å². The molecular formula is C17H13FN4O3. The third-order valence-electron chi connectivity index (χ3n) is 4.22. The zero-order valence-electron chi connectivity index (χ0n) is 12.8. The smallest absolute Gasteiger partial charge is 0.325 e. The third kappa shape index (κ3) is 2.62. The van der Waals surface area contributed by atoms with Crippen molar-refractivity contribution in [3.05, 3.63) is 59.0 Å². The summed E-state index contributed by atoms with van der Waals surface area (Å²) in [6.07, 6.45) is 1.47. The highest BCUT2D eigenvalue weighted by Crippen LogP contribution is 2.28. The second-order valence-electron chi connectivity index (χ2n) is 5.80. The van der Waals surface area contributed by atoms with Gasteiger partial charge in [0.25, 0.3) is 5.91 Å². The number of carboxylic acids is 1. The molecule has 0 spiro atoms. The van der Waals surface area contributed by atoms with E-state index >= 15 is 0 Å². The predicted molar refractivity (Wildman–Crippen MR) is 87.7 cm³/mol. The van der Waals surface area contributed by atoms with E-state index in [9.17, 15) is 14.0 Å². The fourth-order valence-corrected chi connectivity index (χ4v) is 3.06. The first-order chi connectivity index (χ1) is 12.0. The highest BCUT2D eigenvalue weighted by Gasteiger charge is 2.28. The summed E-state index contributed by atoms with van der Waals surface area (Å²) in [5.41, 5.74) is 2.60. The lowest BCUT2D eigenvalue weighted by atomic mass is 10.0. The maximum Gasteiger partial charge on any atom is 0.325 e. The average Bonchev–Trinajstić information content (AvgIpc) is 3.19. The Morgan fingerprint density at radius 3 is 2.92 bits per heavy atom. The second-order valence-corrected chi connectivity index (χ2v) is 5.80. The summed E-state index contributed by atoms with van der Waals surface area (Å²) in [6.45, 7) is 0.405. The van der Waals surface area contributed by atoms with Gasteiger partial charge in [-0.05, 0) is 35.4 Å². The summed E-state index contributed by atoms with van der Waals surface area (Å²) in [4.78, 5) is 23.7. The molecule has 1 aromatic heterocycles. The molecule has 4 rings (SSSR count). The molecule has 1 amide bonds. The van der Waals surface area contributed by atoms with Crippen molar-refractivity contribution >= 4 is 28.5 Å². The Kier molecular flexibility index (Phi) is 3.47. The van der Waals surface area contributed by atoms with Gasteiger partial charge in [-0.15, -0.1) is 0 Å². The molecule has 0 aliphatic carbocycles. The quantitative estimate of drug-likeness (QED) is 0.585. The van der Waals surface area contributed by atoms with Crippen molar-refractivity contribution in [2.75, 3.05) is 5.32 Å². The number of aromatic amines is 1. The molecule has 1 aliphatic heterocycles. The van der Waals surface area contributed by atoms with Gasteiger partial charge in [0.05, 0.1) is 17.3 Å². The van der Waals surface area contributed by atoms with Crippen LogP contribution in [0.4, 0.5) is 10.1 Å². The summed E-state index contributed by atoms with van der Waals surface area (Å²) in [5.74, 6) is -1.95. The number of nitrogens with zero attached hydrogens (tertiary/aromatic N) is 1. The summed E-state index contributed by atoms with van der Waals surface area (Å²) in [5, 5.41) is 21.7. The van der Waals surface area contributed by atoms with Crippen LogP contribution in [-0.2, 0) is 11.3 Å². The number of halogens is 1. The Morgan fingerprint density at radius 2 is 2.12 bits per heavy atom. The number of nitrogens with one attached hydrogen (secondary N) is 3. The largest absolute Gasteiger partial charge is 0.480 e. The fourth-order valence-electron chi connectivity index (χ4n) is 3.06. The van der Waals surface area contributed by atoms with E-state index in [2.05, 4.69) is 20.8 Å². The van der Waals surface area contributed by atoms with Gasteiger partial charge in [0.1, 0.15) is 11.9 Å². The number of carbonyl (C=O) groups excluding carboxylic acids is 1. The van der Waals surface area contributed by atoms with Crippen LogP contribution in [0, 0.1) is 5.82 Å². The molecule has 0 radical (unpaired) electrons. The van der Waals surface area contributed by atoms with Crippen LogP contribution in [0.3, 0.4) is 0 Å². The van der Waals surface area contributed by atoms with E-state index in [1.165, 1.54) is 12.3 Å². The Labute approximate surface area is 140 Å². The van der Waals surface area contributed by atoms with E-state index in [4.69, 9.17) is 5.11 Å². The van der Waals surface area contributed by atoms with Crippen molar-refractivity contribution in [3.8, 4) is 0 Å². The van der Waals surface area contributed by atoms with Crippen LogP contribution in [0.25, 0.3) is 10.9 Å². The molecule has 7 nitrogen and oxygen atoms in total. The molecule has 0 unspecified atom stereocenters. The van der Waals surface area contributed by atoms with Gasteiger partial charge in [0.2, 0.25) is 0 Å². The topological polar surface area (TPSA) is 107 Å². The number of amides is 1. The van der Waals surface area contributed by atoms with Gasteiger partial charge >= 0.3 is 5.97 Å². The minimum Gasteiger partial charge on any atom is -0.480 e. The number of carboxylic acid groups (broad SMARTS) is 1. The molecule has 2 aromatic carbocycles. The molecule has 3 aromatic rings. The van der Waals surface area contributed by atoms with Crippen molar-refractivity contribution in [3.63, 3.8) is 0 Å². The number of rotatable bonds is 3. The minimum atomic E-state index is -0.947. The van der Waals surface area contributed by atoms with Gasteiger partial charge in [0.15, 0.2) is 0 Å². The first-order valence-electron chi connectivity index (χ1n) is 7.56. The highest BCUT2D eigenvalue weighted by atomic mass is 19.1. The number of fused-ring (bicyclic) bond motifs is 2. The summed E-state index contributed by atoms with van der Waals surface area (Å²) in [6, 6.07) is 6.70. The number of H-pyrrole nitrogens is 1. The Bertz CT molecular complexity index is 1010. The number of anilines is 1. The Balaban J connectivity index is 1.63. The SMILES string of the molecule is O=C(Nc1ccc2c(c1)CN[C@H]2C(=O)O)c1cc(F)cc2[nH]ncc12. The lowest BCUT2D eigenvalue weighted by Gasteiger charge is -2.09. The van der Waals surface area contributed by atoms with Gasteiger partial charge in [-0.1, -0.05) is 6.07 Å². The van der Waals surface area contributed by atoms with Crippen molar-refractivity contribution in [1.82, 2.24) is 15.5 Å². The second kappa shape index (κ2) is 5.67. The van der Waals surface area contributed by atoms with Gasteiger partial charge in [-0.2, -0.15) is 5.10 Å². The molecule has 0 fully saturated rings. The number of aliphatic carboxylic acids is 1. The Hall–Kier alpha value is -3.26. The summed E-state index contributed by atoms with van der Waals surface area (Å²) in [7, 11) is 0. The van der Waals surface area contributed by atoms with E-state index in [-0.39, 0.29) is 5.56 Å². The normalized spacial score (nSPS) is 16.0. The van der Waals surface area contributed by atoms with Crippen LogP contribution >= 0.6 is 0 Å². The number of carbonyl (C=O) groups is 2. The maximum absolute atomic E-state index is 13.7. The van der Waals surface area contributed by atoms with E-state index in [1.807, 2.05) is 0 Å². The van der Waals surface area contributed by atoms with Crippen LogP contribution in [0.5, 0.6) is 0 Å².